The SMILES string of the molecule is COc1ccc(NC(=O)C(=O)NCC#N)cc1OC. The number of methoxy groups -OCH3 is 2. The molecule has 100 valence electrons. The quantitative estimate of drug-likeness (QED) is 0.600. The van der Waals surface area contributed by atoms with Gasteiger partial charge in [0.15, 0.2) is 11.5 Å². The van der Waals surface area contributed by atoms with Gasteiger partial charge in [0.1, 0.15) is 6.54 Å². The van der Waals surface area contributed by atoms with Crippen molar-refractivity contribution in [1.29, 1.82) is 5.26 Å². The van der Waals surface area contributed by atoms with Gasteiger partial charge < -0.3 is 20.1 Å². The number of anilines is 1. The van der Waals surface area contributed by atoms with Crippen LogP contribution >= 0.6 is 0 Å². The third-order valence-electron chi connectivity index (χ3n) is 2.18. The van der Waals surface area contributed by atoms with Crippen molar-refractivity contribution in [3.8, 4) is 17.6 Å². The Labute approximate surface area is 110 Å². The number of amides is 2. The lowest BCUT2D eigenvalue weighted by Crippen LogP contribution is -2.35. The predicted octanol–water partition coefficient (Wildman–Crippen LogP) is 0.282. The van der Waals surface area contributed by atoms with Gasteiger partial charge in [0, 0.05) is 11.8 Å². The van der Waals surface area contributed by atoms with Crippen molar-refractivity contribution in [2.24, 2.45) is 0 Å². The van der Waals surface area contributed by atoms with Gasteiger partial charge in [-0.3, -0.25) is 9.59 Å². The third-order valence-corrected chi connectivity index (χ3v) is 2.18. The first-order valence-corrected chi connectivity index (χ1v) is 5.30. The molecule has 0 spiro atoms. The van der Waals surface area contributed by atoms with Crippen LogP contribution < -0.4 is 20.1 Å². The molecular weight excluding hydrogens is 250 g/mol. The number of rotatable bonds is 4. The van der Waals surface area contributed by atoms with Crippen LogP contribution in [0.5, 0.6) is 11.5 Å². The molecule has 0 heterocycles. The average molecular weight is 263 g/mol. The zero-order valence-electron chi connectivity index (χ0n) is 10.5. The third kappa shape index (κ3) is 3.89. The van der Waals surface area contributed by atoms with Crippen molar-refractivity contribution in [3.05, 3.63) is 18.2 Å². The minimum Gasteiger partial charge on any atom is -0.493 e. The van der Waals surface area contributed by atoms with Crippen molar-refractivity contribution in [2.75, 3.05) is 26.1 Å². The number of ether oxygens (including phenoxy) is 2. The zero-order valence-corrected chi connectivity index (χ0v) is 10.5. The molecule has 2 amide bonds. The van der Waals surface area contributed by atoms with E-state index in [9.17, 15) is 9.59 Å². The summed E-state index contributed by atoms with van der Waals surface area (Å²) >= 11 is 0. The first kappa shape index (κ1) is 14.3. The van der Waals surface area contributed by atoms with E-state index in [4.69, 9.17) is 14.7 Å². The normalized spacial score (nSPS) is 9.11. The van der Waals surface area contributed by atoms with Crippen LogP contribution in [0.1, 0.15) is 0 Å². The van der Waals surface area contributed by atoms with Crippen LogP contribution in [-0.4, -0.2) is 32.6 Å². The molecule has 0 atom stereocenters. The van der Waals surface area contributed by atoms with Crippen molar-refractivity contribution in [2.45, 2.75) is 0 Å². The van der Waals surface area contributed by atoms with Gasteiger partial charge in [0.2, 0.25) is 0 Å². The Balaban J connectivity index is 2.75. The van der Waals surface area contributed by atoms with Crippen LogP contribution in [0.2, 0.25) is 0 Å². The summed E-state index contributed by atoms with van der Waals surface area (Å²) in [5.74, 6) is -0.800. The number of carbonyl (C=O) groups is 2. The largest absolute Gasteiger partial charge is 0.493 e. The second-order valence-electron chi connectivity index (χ2n) is 3.36. The molecule has 0 saturated carbocycles. The summed E-state index contributed by atoms with van der Waals surface area (Å²) in [6.07, 6.45) is 0. The van der Waals surface area contributed by atoms with E-state index in [1.807, 2.05) is 0 Å². The number of nitrogens with zero attached hydrogens (tertiary/aromatic N) is 1. The average Bonchev–Trinajstić information content (AvgIpc) is 2.44. The van der Waals surface area contributed by atoms with Crippen LogP contribution in [0, 0.1) is 11.3 Å². The lowest BCUT2D eigenvalue weighted by atomic mass is 10.2. The van der Waals surface area contributed by atoms with Gasteiger partial charge >= 0.3 is 11.8 Å². The topological polar surface area (TPSA) is 100 Å². The standard InChI is InChI=1S/C12H13N3O4/c1-18-9-4-3-8(7-10(9)19-2)15-12(17)11(16)14-6-5-13/h3-4,7H,6H2,1-2H3,(H,14,16)(H,15,17). The summed E-state index contributed by atoms with van der Waals surface area (Å²) in [5.41, 5.74) is 0.384. The molecule has 1 aromatic carbocycles. The molecule has 0 aliphatic heterocycles. The minimum absolute atomic E-state index is 0.224. The van der Waals surface area contributed by atoms with Crippen LogP contribution in [0.3, 0.4) is 0 Å². The first-order valence-electron chi connectivity index (χ1n) is 5.30. The molecule has 1 rings (SSSR count). The molecule has 0 aromatic heterocycles. The van der Waals surface area contributed by atoms with E-state index in [0.29, 0.717) is 17.2 Å². The molecule has 0 aliphatic rings. The van der Waals surface area contributed by atoms with E-state index in [2.05, 4.69) is 10.6 Å². The molecule has 0 radical (unpaired) electrons. The fraction of sp³-hybridized carbons (Fsp3) is 0.250. The second kappa shape index (κ2) is 6.86. The van der Waals surface area contributed by atoms with Crippen molar-refractivity contribution >= 4 is 17.5 Å². The van der Waals surface area contributed by atoms with E-state index >= 15 is 0 Å². The number of nitrogens with one attached hydrogen (secondary N) is 2. The molecule has 0 bridgehead atoms. The highest BCUT2D eigenvalue weighted by Gasteiger charge is 2.14. The molecular formula is C12H13N3O4. The maximum atomic E-state index is 11.5. The van der Waals surface area contributed by atoms with Crippen LogP contribution in [-0.2, 0) is 9.59 Å². The van der Waals surface area contributed by atoms with Gasteiger partial charge in [-0.15, -0.1) is 0 Å². The fourth-order valence-electron chi connectivity index (χ4n) is 1.30. The van der Waals surface area contributed by atoms with Gasteiger partial charge in [0.25, 0.3) is 0 Å². The summed E-state index contributed by atoms with van der Waals surface area (Å²) in [6, 6.07) is 6.39. The van der Waals surface area contributed by atoms with Crippen molar-refractivity contribution < 1.29 is 19.1 Å². The van der Waals surface area contributed by atoms with E-state index < -0.39 is 11.8 Å². The van der Waals surface area contributed by atoms with Crippen molar-refractivity contribution in [1.82, 2.24) is 5.32 Å². The van der Waals surface area contributed by atoms with E-state index in [-0.39, 0.29) is 6.54 Å². The number of benzene rings is 1. The highest BCUT2D eigenvalue weighted by atomic mass is 16.5. The number of hydrogen-bond donors (Lipinski definition) is 2. The Morgan fingerprint density at radius 2 is 1.89 bits per heavy atom. The zero-order chi connectivity index (χ0) is 14.3. The molecule has 0 fully saturated rings. The van der Waals surface area contributed by atoms with Gasteiger partial charge in [-0.2, -0.15) is 5.26 Å². The van der Waals surface area contributed by atoms with Crippen LogP contribution in [0.25, 0.3) is 0 Å². The van der Waals surface area contributed by atoms with E-state index in [0.717, 1.165) is 0 Å². The molecule has 1 aromatic rings. The second-order valence-corrected chi connectivity index (χ2v) is 3.36. The Kier molecular flexibility index (Phi) is 5.17. The van der Waals surface area contributed by atoms with Gasteiger partial charge in [-0.1, -0.05) is 0 Å². The Bertz CT molecular complexity index is 522. The molecule has 0 unspecified atom stereocenters. The first-order chi connectivity index (χ1) is 9.12. The van der Waals surface area contributed by atoms with Crippen LogP contribution in [0.15, 0.2) is 18.2 Å². The molecule has 7 nitrogen and oxygen atoms in total. The smallest absolute Gasteiger partial charge is 0.313 e. The maximum Gasteiger partial charge on any atom is 0.313 e. The lowest BCUT2D eigenvalue weighted by Gasteiger charge is -2.10. The number of carbonyl (C=O) groups excluding carboxylic acids is 2. The van der Waals surface area contributed by atoms with Gasteiger partial charge in [-0.05, 0) is 12.1 Å². The summed E-state index contributed by atoms with van der Waals surface area (Å²) < 4.78 is 10.1. The van der Waals surface area contributed by atoms with Crippen LogP contribution in [0.4, 0.5) is 5.69 Å². The number of hydrogen-bond acceptors (Lipinski definition) is 5. The maximum absolute atomic E-state index is 11.5. The van der Waals surface area contributed by atoms with Crippen molar-refractivity contribution in [3.63, 3.8) is 0 Å². The Hall–Kier alpha value is -2.75. The monoisotopic (exact) mass is 263 g/mol. The summed E-state index contributed by atoms with van der Waals surface area (Å²) in [6.45, 7) is -0.224. The van der Waals surface area contributed by atoms with E-state index in [1.165, 1.54) is 20.3 Å². The number of nitriles is 1. The lowest BCUT2D eigenvalue weighted by molar-refractivity contribution is -0.136. The summed E-state index contributed by atoms with van der Waals surface area (Å²) in [4.78, 5) is 22.7. The molecule has 0 saturated heterocycles. The Morgan fingerprint density at radius 3 is 2.47 bits per heavy atom. The van der Waals surface area contributed by atoms with E-state index in [1.54, 1.807) is 18.2 Å². The van der Waals surface area contributed by atoms with Gasteiger partial charge in [-0.25, -0.2) is 0 Å². The highest BCUT2D eigenvalue weighted by Crippen LogP contribution is 2.29. The summed E-state index contributed by atoms with van der Waals surface area (Å²) in [7, 11) is 2.95. The van der Waals surface area contributed by atoms with Gasteiger partial charge in [0.05, 0.1) is 20.3 Å². The summed E-state index contributed by atoms with van der Waals surface area (Å²) in [5, 5.41) is 12.8. The molecule has 0 aliphatic carbocycles. The molecule has 7 heteroatoms. The predicted molar refractivity (Wildman–Crippen MR) is 66.8 cm³/mol. The molecule has 2 N–H and O–H groups in total. The Morgan fingerprint density at radius 1 is 1.21 bits per heavy atom. The highest BCUT2D eigenvalue weighted by molar-refractivity contribution is 6.39. The molecule has 19 heavy (non-hydrogen) atoms. The minimum atomic E-state index is -0.878. The fourth-order valence-corrected chi connectivity index (χ4v) is 1.30.